The van der Waals surface area contributed by atoms with Gasteiger partial charge in [-0.25, -0.2) is 0 Å². The second-order valence-electron chi connectivity index (χ2n) is 6.03. The van der Waals surface area contributed by atoms with E-state index in [0.29, 0.717) is 11.3 Å². The highest BCUT2D eigenvalue weighted by molar-refractivity contribution is 6.06. The summed E-state index contributed by atoms with van der Waals surface area (Å²) in [6.07, 6.45) is 0. The molecule has 7 heteroatoms. The smallest absolute Gasteiger partial charge is 0.283 e. The molecule has 0 saturated carbocycles. The Morgan fingerprint density at radius 3 is 2.41 bits per heavy atom. The van der Waals surface area contributed by atoms with Gasteiger partial charge in [-0.2, -0.15) is 0 Å². The van der Waals surface area contributed by atoms with Crippen molar-refractivity contribution < 1.29 is 13.8 Å². The van der Waals surface area contributed by atoms with Gasteiger partial charge in [0.15, 0.2) is 5.76 Å². The zero-order chi connectivity index (χ0) is 18.4. The number of nitro groups is 1. The van der Waals surface area contributed by atoms with Crippen LogP contribution in [0.4, 0.5) is 5.69 Å². The van der Waals surface area contributed by atoms with Crippen LogP contribution in [0.25, 0.3) is 44.8 Å². The molecule has 0 fully saturated rings. The van der Waals surface area contributed by atoms with Crippen LogP contribution in [-0.2, 0) is 0 Å². The van der Waals surface area contributed by atoms with Crippen molar-refractivity contribution in [3.05, 3.63) is 76.8 Å². The Balaban J connectivity index is 1.56. The van der Waals surface area contributed by atoms with E-state index < -0.39 is 4.92 Å². The lowest BCUT2D eigenvalue weighted by Crippen LogP contribution is -1.87. The van der Waals surface area contributed by atoms with Gasteiger partial charge in [0.1, 0.15) is 5.58 Å². The van der Waals surface area contributed by atoms with Crippen molar-refractivity contribution in [3.8, 4) is 23.1 Å². The quantitative estimate of drug-likeness (QED) is 0.325. The molecule has 0 aliphatic heterocycles. The molecule has 2 aromatic heterocycles. The monoisotopic (exact) mass is 357 g/mol. The minimum Gasteiger partial charge on any atom is -0.451 e. The summed E-state index contributed by atoms with van der Waals surface area (Å²) in [7, 11) is 0. The predicted octanol–water partition coefficient (Wildman–Crippen LogP) is 5.21. The van der Waals surface area contributed by atoms with E-state index in [0.717, 1.165) is 21.7 Å². The number of aromatic nitrogens is 2. The molecule has 0 aliphatic rings. The number of hydrogen-bond acceptors (Lipinski definition) is 6. The number of rotatable bonds is 3. The number of nitro benzene ring substituents is 1. The largest absolute Gasteiger partial charge is 0.451 e. The molecule has 0 N–H and O–H groups in total. The van der Waals surface area contributed by atoms with Crippen LogP contribution in [0.15, 0.2) is 75.6 Å². The van der Waals surface area contributed by atoms with Crippen LogP contribution in [0.2, 0.25) is 0 Å². The Morgan fingerprint density at radius 2 is 1.59 bits per heavy atom. The van der Waals surface area contributed by atoms with Crippen LogP contribution in [0.5, 0.6) is 0 Å². The fourth-order valence-electron chi connectivity index (χ4n) is 3.06. The van der Waals surface area contributed by atoms with Crippen molar-refractivity contribution in [2.24, 2.45) is 0 Å². The summed E-state index contributed by atoms with van der Waals surface area (Å²) in [4.78, 5) is 10.3. The number of hydrogen-bond donors (Lipinski definition) is 0. The third kappa shape index (κ3) is 2.53. The minimum atomic E-state index is -0.457. The van der Waals surface area contributed by atoms with E-state index in [2.05, 4.69) is 10.2 Å². The molecule has 3 aromatic carbocycles. The predicted molar refractivity (Wildman–Crippen MR) is 99.1 cm³/mol. The Bertz CT molecular complexity index is 1300. The molecule has 5 rings (SSSR count). The van der Waals surface area contributed by atoms with Gasteiger partial charge in [-0.1, -0.05) is 30.3 Å². The van der Waals surface area contributed by atoms with Crippen LogP contribution < -0.4 is 0 Å². The Labute approximate surface area is 152 Å². The number of non-ortho nitro benzene ring substituents is 1. The van der Waals surface area contributed by atoms with Gasteiger partial charge in [0.05, 0.1) is 4.92 Å². The van der Waals surface area contributed by atoms with Gasteiger partial charge >= 0.3 is 0 Å². The summed E-state index contributed by atoms with van der Waals surface area (Å²) in [6.45, 7) is 0. The van der Waals surface area contributed by atoms with Gasteiger partial charge in [-0.15, -0.1) is 10.2 Å². The molecule has 0 aliphatic carbocycles. The maximum atomic E-state index is 10.8. The summed E-state index contributed by atoms with van der Waals surface area (Å²) >= 11 is 0. The number of nitrogens with zero attached hydrogens (tertiary/aromatic N) is 3. The Hall–Kier alpha value is -4.00. The number of benzene rings is 3. The second kappa shape index (κ2) is 5.77. The summed E-state index contributed by atoms with van der Waals surface area (Å²) < 4.78 is 11.6. The van der Waals surface area contributed by atoms with E-state index in [1.807, 2.05) is 42.5 Å². The highest BCUT2D eigenvalue weighted by Gasteiger charge is 2.16. The van der Waals surface area contributed by atoms with Crippen LogP contribution in [0, 0.1) is 10.1 Å². The van der Waals surface area contributed by atoms with Gasteiger partial charge in [-0.05, 0) is 35.0 Å². The van der Waals surface area contributed by atoms with Crippen LogP contribution in [-0.4, -0.2) is 15.1 Å². The van der Waals surface area contributed by atoms with Gasteiger partial charge in [0.25, 0.3) is 11.6 Å². The highest BCUT2D eigenvalue weighted by Crippen LogP contribution is 2.33. The topological polar surface area (TPSA) is 95.2 Å². The SMILES string of the molecule is O=[N+]([O-])c1ccc(-c2nnc(-c3cc4c(ccc5ccccc54)o3)o2)cc1. The van der Waals surface area contributed by atoms with E-state index in [9.17, 15) is 10.1 Å². The van der Waals surface area contributed by atoms with E-state index in [1.54, 1.807) is 12.1 Å². The first-order chi connectivity index (χ1) is 13.2. The average Bonchev–Trinajstić information content (AvgIpc) is 3.35. The van der Waals surface area contributed by atoms with E-state index in [4.69, 9.17) is 8.83 Å². The summed E-state index contributed by atoms with van der Waals surface area (Å²) in [5.41, 5.74) is 1.34. The van der Waals surface area contributed by atoms with E-state index in [1.165, 1.54) is 12.1 Å². The molecule has 0 bridgehead atoms. The lowest BCUT2D eigenvalue weighted by Gasteiger charge is -1.96. The molecule has 130 valence electrons. The molecule has 0 amide bonds. The van der Waals surface area contributed by atoms with E-state index in [-0.39, 0.29) is 17.5 Å². The average molecular weight is 357 g/mol. The summed E-state index contributed by atoms with van der Waals surface area (Å²) in [6, 6.07) is 19.8. The molecule has 5 aromatic rings. The normalized spacial score (nSPS) is 11.3. The van der Waals surface area contributed by atoms with Gasteiger partial charge < -0.3 is 8.83 Å². The van der Waals surface area contributed by atoms with Crippen molar-refractivity contribution in [2.75, 3.05) is 0 Å². The fraction of sp³-hybridized carbons (Fsp3) is 0. The first-order valence-corrected chi connectivity index (χ1v) is 8.19. The standard InChI is InChI=1S/C20H11N3O4/c24-23(25)14-8-5-13(6-9-14)19-21-22-20(27-19)18-11-16-15-4-2-1-3-12(15)7-10-17(16)26-18/h1-11H. The van der Waals surface area contributed by atoms with Crippen molar-refractivity contribution in [1.82, 2.24) is 10.2 Å². The Kier molecular flexibility index (Phi) is 3.26. The third-order valence-electron chi connectivity index (χ3n) is 4.39. The lowest BCUT2D eigenvalue weighted by molar-refractivity contribution is -0.384. The van der Waals surface area contributed by atoms with Gasteiger partial charge in [0, 0.05) is 23.1 Å². The molecule has 0 spiro atoms. The number of furan rings is 1. The molecule has 2 heterocycles. The molecule has 7 nitrogen and oxygen atoms in total. The van der Waals surface area contributed by atoms with Gasteiger partial charge in [-0.3, -0.25) is 10.1 Å². The van der Waals surface area contributed by atoms with Crippen LogP contribution in [0.3, 0.4) is 0 Å². The van der Waals surface area contributed by atoms with Crippen molar-refractivity contribution in [3.63, 3.8) is 0 Å². The molecule has 0 radical (unpaired) electrons. The summed E-state index contributed by atoms with van der Waals surface area (Å²) in [5, 5.41) is 22.0. The molecule has 0 unspecified atom stereocenters. The first-order valence-electron chi connectivity index (χ1n) is 8.19. The summed E-state index contributed by atoms with van der Waals surface area (Å²) in [5.74, 6) is 0.996. The lowest BCUT2D eigenvalue weighted by atomic mass is 10.1. The fourth-order valence-corrected chi connectivity index (χ4v) is 3.06. The van der Waals surface area contributed by atoms with Crippen molar-refractivity contribution in [2.45, 2.75) is 0 Å². The van der Waals surface area contributed by atoms with Gasteiger partial charge in [0.2, 0.25) is 5.89 Å². The van der Waals surface area contributed by atoms with Crippen molar-refractivity contribution in [1.29, 1.82) is 0 Å². The molecular weight excluding hydrogens is 346 g/mol. The maximum absolute atomic E-state index is 10.8. The molecule has 0 atom stereocenters. The zero-order valence-electron chi connectivity index (χ0n) is 13.8. The highest BCUT2D eigenvalue weighted by atomic mass is 16.6. The number of fused-ring (bicyclic) bond motifs is 3. The van der Waals surface area contributed by atoms with Crippen LogP contribution >= 0.6 is 0 Å². The third-order valence-corrected chi connectivity index (χ3v) is 4.39. The first kappa shape index (κ1) is 15.3. The Morgan fingerprint density at radius 1 is 0.815 bits per heavy atom. The zero-order valence-corrected chi connectivity index (χ0v) is 13.8. The maximum Gasteiger partial charge on any atom is 0.283 e. The minimum absolute atomic E-state index is 0.00245. The molecule has 0 saturated heterocycles. The van der Waals surface area contributed by atoms with E-state index >= 15 is 0 Å². The second-order valence-corrected chi connectivity index (χ2v) is 6.03. The molecule has 27 heavy (non-hydrogen) atoms. The van der Waals surface area contributed by atoms with Crippen LogP contribution in [0.1, 0.15) is 0 Å². The molecular formula is C20H11N3O4. The van der Waals surface area contributed by atoms with Crippen molar-refractivity contribution >= 4 is 27.4 Å².